The van der Waals surface area contributed by atoms with E-state index in [0.717, 1.165) is 68.9 Å². The number of amides is 1. The van der Waals surface area contributed by atoms with Gasteiger partial charge in [0.2, 0.25) is 5.91 Å². The summed E-state index contributed by atoms with van der Waals surface area (Å²) in [6, 6.07) is 9.16. The summed E-state index contributed by atoms with van der Waals surface area (Å²) in [6.45, 7) is 4.66. The van der Waals surface area contributed by atoms with Gasteiger partial charge in [-0.25, -0.2) is 0 Å². The standard InChI is InChI=1S/C22H30N4O2.2ClH/c27-21(25-13-9-18(10-14-25)23-15-16-5-6-16)17-7-11-26(12-8-17)22-24-19-3-1-2-4-20(19)28-22;;/h1-4,16-18,23H,5-15H2;2*1H. The minimum Gasteiger partial charge on any atom is -0.423 e. The molecule has 0 bridgehead atoms. The van der Waals surface area contributed by atoms with Crippen LogP contribution in [0.4, 0.5) is 6.01 Å². The molecule has 3 aliphatic rings. The third-order valence-electron chi connectivity index (χ3n) is 6.60. The maximum absolute atomic E-state index is 13.0. The summed E-state index contributed by atoms with van der Waals surface area (Å²) in [6.07, 6.45) is 6.76. The summed E-state index contributed by atoms with van der Waals surface area (Å²) in [5, 5.41) is 3.70. The molecule has 1 saturated carbocycles. The van der Waals surface area contributed by atoms with Crippen LogP contribution in [0, 0.1) is 11.8 Å². The van der Waals surface area contributed by atoms with Crippen LogP contribution < -0.4 is 10.2 Å². The van der Waals surface area contributed by atoms with Gasteiger partial charge in [-0.1, -0.05) is 12.1 Å². The Hall–Kier alpha value is -1.50. The van der Waals surface area contributed by atoms with Gasteiger partial charge in [0.05, 0.1) is 0 Å². The van der Waals surface area contributed by atoms with E-state index >= 15 is 0 Å². The van der Waals surface area contributed by atoms with E-state index in [-0.39, 0.29) is 30.7 Å². The molecule has 0 atom stereocenters. The van der Waals surface area contributed by atoms with Gasteiger partial charge in [0.15, 0.2) is 5.58 Å². The molecule has 0 spiro atoms. The Morgan fingerprint density at radius 3 is 2.37 bits per heavy atom. The SMILES string of the molecule is Cl.Cl.O=C(C1CCN(c2nc3ccccc3o2)CC1)N1CCC(NCC2CC2)CC1. The number of benzene rings is 1. The first-order chi connectivity index (χ1) is 13.8. The van der Waals surface area contributed by atoms with Crippen LogP contribution in [0.2, 0.25) is 0 Å². The molecule has 3 fully saturated rings. The van der Waals surface area contributed by atoms with E-state index in [1.54, 1.807) is 0 Å². The maximum atomic E-state index is 13.0. The lowest BCUT2D eigenvalue weighted by Gasteiger charge is -2.37. The number of para-hydroxylation sites is 2. The van der Waals surface area contributed by atoms with Crippen molar-refractivity contribution in [3.63, 3.8) is 0 Å². The maximum Gasteiger partial charge on any atom is 0.298 e. The van der Waals surface area contributed by atoms with Gasteiger partial charge < -0.3 is 19.5 Å². The van der Waals surface area contributed by atoms with E-state index in [4.69, 9.17) is 4.42 Å². The molecular formula is C22H32Cl2N4O2. The average Bonchev–Trinajstić information content (AvgIpc) is 3.48. The van der Waals surface area contributed by atoms with E-state index in [2.05, 4.69) is 20.1 Å². The lowest BCUT2D eigenvalue weighted by Crippen LogP contribution is -2.48. The smallest absolute Gasteiger partial charge is 0.298 e. The molecule has 0 unspecified atom stereocenters. The molecule has 6 nitrogen and oxygen atoms in total. The molecule has 2 aliphatic heterocycles. The highest BCUT2D eigenvalue weighted by Gasteiger charge is 2.32. The minimum atomic E-state index is 0. The zero-order valence-corrected chi connectivity index (χ0v) is 18.9. The third kappa shape index (κ3) is 5.21. The van der Waals surface area contributed by atoms with Crippen LogP contribution in [0.25, 0.3) is 11.1 Å². The Balaban J connectivity index is 0.00000128. The van der Waals surface area contributed by atoms with Crippen molar-refractivity contribution >= 4 is 47.8 Å². The van der Waals surface area contributed by atoms with Gasteiger partial charge in [-0.3, -0.25) is 4.79 Å². The normalized spacial score (nSPS) is 20.7. The number of anilines is 1. The van der Waals surface area contributed by atoms with Crippen molar-refractivity contribution in [1.82, 2.24) is 15.2 Å². The number of nitrogens with zero attached hydrogens (tertiary/aromatic N) is 3. The topological polar surface area (TPSA) is 61.6 Å². The number of aromatic nitrogens is 1. The minimum absolute atomic E-state index is 0. The number of carbonyl (C=O) groups excluding carboxylic acids is 1. The molecule has 2 aromatic rings. The molecule has 1 aromatic carbocycles. The molecule has 2 saturated heterocycles. The van der Waals surface area contributed by atoms with E-state index in [0.29, 0.717) is 18.0 Å². The van der Waals surface area contributed by atoms with Gasteiger partial charge in [0.1, 0.15) is 5.52 Å². The lowest BCUT2D eigenvalue weighted by atomic mass is 9.94. The predicted octanol–water partition coefficient (Wildman–Crippen LogP) is 3.88. The number of hydrogen-bond acceptors (Lipinski definition) is 5. The zero-order valence-electron chi connectivity index (χ0n) is 17.3. The fraction of sp³-hybridized carbons (Fsp3) is 0.636. The second-order valence-electron chi connectivity index (χ2n) is 8.68. The monoisotopic (exact) mass is 454 g/mol. The Labute approximate surface area is 190 Å². The second kappa shape index (κ2) is 10.2. The van der Waals surface area contributed by atoms with Crippen LogP contribution in [0.1, 0.15) is 38.5 Å². The van der Waals surface area contributed by atoms with Crippen LogP contribution in [0.3, 0.4) is 0 Å². The summed E-state index contributed by atoms with van der Waals surface area (Å²) in [4.78, 5) is 21.8. The van der Waals surface area contributed by atoms with E-state index < -0.39 is 0 Å². The van der Waals surface area contributed by atoms with Gasteiger partial charge in [0.25, 0.3) is 6.01 Å². The number of hydrogen-bond donors (Lipinski definition) is 1. The Kier molecular flexibility index (Phi) is 7.88. The molecule has 1 aromatic heterocycles. The number of carbonyl (C=O) groups is 1. The molecule has 8 heteroatoms. The van der Waals surface area contributed by atoms with Crippen LogP contribution in [0.5, 0.6) is 0 Å². The summed E-state index contributed by atoms with van der Waals surface area (Å²) >= 11 is 0. The number of piperidine rings is 2. The van der Waals surface area contributed by atoms with Crippen molar-refractivity contribution in [3.05, 3.63) is 24.3 Å². The molecular weight excluding hydrogens is 423 g/mol. The molecule has 166 valence electrons. The number of fused-ring (bicyclic) bond motifs is 1. The van der Waals surface area contributed by atoms with Crippen molar-refractivity contribution in [3.8, 4) is 0 Å². The van der Waals surface area contributed by atoms with Gasteiger partial charge in [-0.15, -0.1) is 24.8 Å². The molecule has 3 heterocycles. The van der Waals surface area contributed by atoms with Gasteiger partial charge in [0, 0.05) is 38.1 Å². The molecule has 30 heavy (non-hydrogen) atoms. The van der Waals surface area contributed by atoms with E-state index in [1.165, 1.54) is 19.4 Å². The van der Waals surface area contributed by atoms with Gasteiger partial charge in [-0.2, -0.15) is 4.98 Å². The number of likely N-dealkylation sites (tertiary alicyclic amines) is 1. The quantitative estimate of drug-likeness (QED) is 0.742. The van der Waals surface area contributed by atoms with Crippen molar-refractivity contribution in [2.75, 3.05) is 37.6 Å². The molecule has 0 radical (unpaired) electrons. The Morgan fingerprint density at radius 2 is 1.70 bits per heavy atom. The van der Waals surface area contributed by atoms with E-state index in [1.807, 2.05) is 24.3 Å². The second-order valence-corrected chi connectivity index (χ2v) is 8.68. The van der Waals surface area contributed by atoms with Crippen LogP contribution in [0.15, 0.2) is 28.7 Å². The largest absolute Gasteiger partial charge is 0.423 e. The van der Waals surface area contributed by atoms with E-state index in [9.17, 15) is 4.79 Å². The van der Waals surface area contributed by atoms with Crippen LogP contribution in [-0.2, 0) is 4.79 Å². The number of halogens is 2. The van der Waals surface area contributed by atoms with Crippen LogP contribution in [-0.4, -0.2) is 54.6 Å². The summed E-state index contributed by atoms with van der Waals surface area (Å²) in [5.74, 6) is 1.43. The highest BCUT2D eigenvalue weighted by molar-refractivity contribution is 5.85. The first kappa shape index (κ1) is 23.2. The summed E-state index contributed by atoms with van der Waals surface area (Å²) in [7, 11) is 0. The molecule has 5 rings (SSSR count). The van der Waals surface area contributed by atoms with Crippen molar-refractivity contribution < 1.29 is 9.21 Å². The Morgan fingerprint density at radius 1 is 1.00 bits per heavy atom. The highest BCUT2D eigenvalue weighted by Crippen LogP contribution is 2.29. The first-order valence-electron chi connectivity index (χ1n) is 10.9. The van der Waals surface area contributed by atoms with Crippen molar-refractivity contribution in [1.29, 1.82) is 0 Å². The van der Waals surface area contributed by atoms with Gasteiger partial charge >= 0.3 is 0 Å². The predicted molar refractivity (Wildman–Crippen MR) is 124 cm³/mol. The zero-order chi connectivity index (χ0) is 18.9. The summed E-state index contributed by atoms with van der Waals surface area (Å²) in [5.41, 5.74) is 1.72. The lowest BCUT2D eigenvalue weighted by molar-refractivity contribution is -0.137. The Bertz CT molecular complexity index is 792. The van der Waals surface area contributed by atoms with Crippen molar-refractivity contribution in [2.24, 2.45) is 11.8 Å². The number of oxazole rings is 1. The fourth-order valence-electron chi connectivity index (χ4n) is 4.53. The highest BCUT2D eigenvalue weighted by atomic mass is 35.5. The first-order valence-corrected chi connectivity index (χ1v) is 10.9. The molecule has 1 amide bonds. The fourth-order valence-corrected chi connectivity index (χ4v) is 4.53. The average molecular weight is 455 g/mol. The summed E-state index contributed by atoms with van der Waals surface area (Å²) < 4.78 is 5.89. The molecule has 1 N–H and O–H groups in total. The third-order valence-corrected chi connectivity index (χ3v) is 6.60. The number of nitrogens with one attached hydrogen (secondary N) is 1. The van der Waals surface area contributed by atoms with Crippen LogP contribution >= 0.6 is 24.8 Å². The number of rotatable bonds is 5. The molecule has 1 aliphatic carbocycles. The van der Waals surface area contributed by atoms with Gasteiger partial charge in [-0.05, 0) is 63.1 Å². The van der Waals surface area contributed by atoms with Crippen molar-refractivity contribution in [2.45, 2.75) is 44.6 Å².